The molecular formula is C16H26BrNO. The van der Waals surface area contributed by atoms with E-state index in [9.17, 15) is 0 Å². The van der Waals surface area contributed by atoms with Crippen molar-refractivity contribution in [2.24, 2.45) is 0 Å². The molecule has 1 aromatic carbocycles. The minimum Gasteiger partial charge on any atom is -0.492 e. The first-order valence-corrected chi connectivity index (χ1v) is 8.21. The molecule has 0 heterocycles. The van der Waals surface area contributed by atoms with E-state index in [2.05, 4.69) is 28.2 Å². The number of benzene rings is 1. The van der Waals surface area contributed by atoms with E-state index in [1.807, 2.05) is 24.3 Å². The van der Waals surface area contributed by atoms with Crippen LogP contribution in [0.3, 0.4) is 0 Å². The maximum atomic E-state index is 5.64. The zero-order valence-corrected chi connectivity index (χ0v) is 13.5. The molecule has 0 saturated carbocycles. The van der Waals surface area contributed by atoms with E-state index in [1.165, 1.54) is 38.5 Å². The van der Waals surface area contributed by atoms with E-state index in [0.29, 0.717) is 0 Å². The summed E-state index contributed by atoms with van der Waals surface area (Å²) >= 11 is 3.41. The third-order valence-corrected chi connectivity index (χ3v) is 3.60. The molecule has 0 aliphatic heterocycles. The predicted octanol–water partition coefficient (Wildman–Crippen LogP) is 4.78. The Bertz CT molecular complexity index is 313. The SMILES string of the molecule is CCCCCCCCNCCOc1ccc(Br)cc1. The molecule has 0 unspecified atom stereocenters. The van der Waals surface area contributed by atoms with Gasteiger partial charge in [0.15, 0.2) is 0 Å². The van der Waals surface area contributed by atoms with Gasteiger partial charge in [0.25, 0.3) is 0 Å². The Morgan fingerprint density at radius 1 is 0.947 bits per heavy atom. The first-order valence-electron chi connectivity index (χ1n) is 7.42. The van der Waals surface area contributed by atoms with Crippen LogP contribution in [0.4, 0.5) is 0 Å². The normalized spacial score (nSPS) is 10.6. The molecule has 3 heteroatoms. The molecule has 1 rings (SSSR count). The van der Waals surface area contributed by atoms with Crippen molar-refractivity contribution >= 4 is 15.9 Å². The van der Waals surface area contributed by atoms with Crippen LogP contribution >= 0.6 is 15.9 Å². The number of halogens is 1. The van der Waals surface area contributed by atoms with Crippen LogP contribution in [0.2, 0.25) is 0 Å². The molecule has 0 aliphatic carbocycles. The number of unbranched alkanes of at least 4 members (excludes halogenated alkanes) is 5. The minimum absolute atomic E-state index is 0.734. The summed E-state index contributed by atoms with van der Waals surface area (Å²) in [6.07, 6.45) is 8.11. The number of ether oxygens (including phenoxy) is 1. The number of hydrogen-bond acceptors (Lipinski definition) is 2. The number of hydrogen-bond donors (Lipinski definition) is 1. The van der Waals surface area contributed by atoms with E-state index in [4.69, 9.17) is 4.74 Å². The van der Waals surface area contributed by atoms with Gasteiger partial charge in [-0.1, -0.05) is 55.0 Å². The monoisotopic (exact) mass is 327 g/mol. The topological polar surface area (TPSA) is 21.3 Å². The smallest absolute Gasteiger partial charge is 0.119 e. The first kappa shape index (κ1) is 16.5. The van der Waals surface area contributed by atoms with E-state index in [0.717, 1.165) is 29.9 Å². The Morgan fingerprint density at radius 3 is 2.37 bits per heavy atom. The Labute approximate surface area is 126 Å². The lowest BCUT2D eigenvalue weighted by Crippen LogP contribution is -2.22. The average Bonchev–Trinajstić information content (AvgIpc) is 2.43. The van der Waals surface area contributed by atoms with E-state index >= 15 is 0 Å². The van der Waals surface area contributed by atoms with Crippen LogP contribution in [0, 0.1) is 0 Å². The van der Waals surface area contributed by atoms with Gasteiger partial charge >= 0.3 is 0 Å². The van der Waals surface area contributed by atoms with Gasteiger partial charge in [-0.25, -0.2) is 0 Å². The van der Waals surface area contributed by atoms with Gasteiger partial charge in [-0.3, -0.25) is 0 Å². The van der Waals surface area contributed by atoms with Crippen molar-refractivity contribution in [3.63, 3.8) is 0 Å². The summed E-state index contributed by atoms with van der Waals surface area (Å²) in [6, 6.07) is 7.97. The van der Waals surface area contributed by atoms with Crippen LogP contribution < -0.4 is 10.1 Å². The molecule has 0 saturated heterocycles. The molecule has 0 fully saturated rings. The lowest BCUT2D eigenvalue weighted by molar-refractivity contribution is 0.313. The van der Waals surface area contributed by atoms with Crippen LogP contribution in [0.1, 0.15) is 45.4 Å². The zero-order valence-electron chi connectivity index (χ0n) is 12.0. The van der Waals surface area contributed by atoms with Gasteiger partial charge in [-0.15, -0.1) is 0 Å². The van der Waals surface area contributed by atoms with Gasteiger partial charge in [0.2, 0.25) is 0 Å². The summed E-state index contributed by atoms with van der Waals surface area (Å²) < 4.78 is 6.72. The standard InChI is InChI=1S/C16H26BrNO/c1-2-3-4-5-6-7-12-18-13-14-19-16-10-8-15(17)9-11-16/h8-11,18H,2-7,12-14H2,1H3. The quantitative estimate of drug-likeness (QED) is 0.590. The van der Waals surface area contributed by atoms with Gasteiger partial charge in [0.1, 0.15) is 12.4 Å². The molecule has 1 aromatic rings. The second-order valence-corrected chi connectivity index (χ2v) is 5.74. The highest BCUT2D eigenvalue weighted by Gasteiger charge is 1.94. The molecule has 0 radical (unpaired) electrons. The Kier molecular flexibility index (Phi) is 9.82. The first-order chi connectivity index (χ1) is 9.33. The van der Waals surface area contributed by atoms with Gasteiger partial charge < -0.3 is 10.1 Å². The lowest BCUT2D eigenvalue weighted by Gasteiger charge is -2.07. The minimum atomic E-state index is 0.734. The summed E-state index contributed by atoms with van der Waals surface area (Å²) in [5.41, 5.74) is 0. The molecule has 2 nitrogen and oxygen atoms in total. The highest BCUT2D eigenvalue weighted by atomic mass is 79.9. The molecule has 0 aromatic heterocycles. The van der Waals surface area contributed by atoms with E-state index < -0.39 is 0 Å². The van der Waals surface area contributed by atoms with Crippen molar-refractivity contribution in [1.29, 1.82) is 0 Å². The van der Waals surface area contributed by atoms with Gasteiger partial charge in [-0.05, 0) is 37.2 Å². The van der Waals surface area contributed by atoms with Crippen LogP contribution in [-0.2, 0) is 0 Å². The summed E-state index contributed by atoms with van der Waals surface area (Å²) in [4.78, 5) is 0. The average molecular weight is 328 g/mol. The van der Waals surface area contributed by atoms with Crippen LogP contribution in [0.5, 0.6) is 5.75 Å². The Hall–Kier alpha value is -0.540. The Balaban J connectivity index is 1.87. The van der Waals surface area contributed by atoms with Gasteiger partial charge in [0.05, 0.1) is 0 Å². The molecule has 0 aliphatic rings. The molecule has 0 spiro atoms. The Morgan fingerprint density at radius 2 is 1.63 bits per heavy atom. The number of rotatable bonds is 11. The maximum Gasteiger partial charge on any atom is 0.119 e. The van der Waals surface area contributed by atoms with Crippen LogP contribution in [0.15, 0.2) is 28.7 Å². The van der Waals surface area contributed by atoms with E-state index in [1.54, 1.807) is 0 Å². The summed E-state index contributed by atoms with van der Waals surface area (Å²) in [5, 5.41) is 3.42. The second-order valence-electron chi connectivity index (χ2n) is 4.82. The molecule has 108 valence electrons. The highest BCUT2D eigenvalue weighted by molar-refractivity contribution is 9.10. The van der Waals surface area contributed by atoms with Gasteiger partial charge in [0, 0.05) is 11.0 Å². The van der Waals surface area contributed by atoms with Crippen molar-refractivity contribution in [3.05, 3.63) is 28.7 Å². The van der Waals surface area contributed by atoms with Crippen LogP contribution in [-0.4, -0.2) is 19.7 Å². The highest BCUT2D eigenvalue weighted by Crippen LogP contribution is 2.15. The lowest BCUT2D eigenvalue weighted by atomic mass is 10.1. The fourth-order valence-corrected chi connectivity index (χ4v) is 2.19. The molecule has 0 atom stereocenters. The van der Waals surface area contributed by atoms with Crippen molar-refractivity contribution < 1.29 is 4.74 Å². The summed E-state index contributed by atoms with van der Waals surface area (Å²) in [6.45, 7) is 5.02. The third kappa shape index (κ3) is 9.06. The molecule has 0 bridgehead atoms. The fourth-order valence-electron chi connectivity index (χ4n) is 1.93. The number of nitrogens with one attached hydrogen (secondary N) is 1. The molecular weight excluding hydrogens is 302 g/mol. The summed E-state index contributed by atoms with van der Waals surface area (Å²) in [5.74, 6) is 0.935. The van der Waals surface area contributed by atoms with Crippen LogP contribution in [0.25, 0.3) is 0 Å². The second kappa shape index (κ2) is 11.3. The fraction of sp³-hybridized carbons (Fsp3) is 0.625. The van der Waals surface area contributed by atoms with Crippen molar-refractivity contribution in [3.8, 4) is 5.75 Å². The van der Waals surface area contributed by atoms with Crippen molar-refractivity contribution in [2.45, 2.75) is 45.4 Å². The third-order valence-electron chi connectivity index (χ3n) is 3.07. The largest absolute Gasteiger partial charge is 0.492 e. The maximum absolute atomic E-state index is 5.64. The van der Waals surface area contributed by atoms with E-state index in [-0.39, 0.29) is 0 Å². The molecule has 19 heavy (non-hydrogen) atoms. The van der Waals surface area contributed by atoms with Crippen molar-refractivity contribution in [1.82, 2.24) is 5.32 Å². The van der Waals surface area contributed by atoms with Crippen molar-refractivity contribution in [2.75, 3.05) is 19.7 Å². The summed E-state index contributed by atoms with van der Waals surface area (Å²) in [7, 11) is 0. The predicted molar refractivity (Wildman–Crippen MR) is 85.9 cm³/mol. The molecule has 0 amide bonds. The van der Waals surface area contributed by atoms with Gasteiger partial charge in [-0.2, -0.15) is 0 Å². The molecule has 1 N–H and O–H groups in total. The zero-order chi connectivity index (χ0) is 13.8.